The lowest BCUT2D eigenvalue weighted by molar-refractivity contribution is -0.140. The second-order valence-electron chi connectivity index (χ2n) is 8.13. The van der Waals surface area contributed by atoms with Crippen molar-refractivity contribution in [2.75, 3.05) is 7.11 Å². The molecule has 1 atom stereocenters. The van der Waals surface area contributed by atoms with Gasteiger partial charge in [-0.3, -0.25) is 14.6 Å². The number of carbonyl (C=O) groups excluding carboxylic acids is 2. The predicted molar refractivity (Wildman–Crippen MR) is 129 cm³/mol. The molecule has 6 nitrogen and oxygen atoms in total. The van der Waals surface area contributed by atoms with Crippen molar-refractivity contribution in [3.05, 3.63) is 114 Å². The highest BCUT2D eigenvalue weighted by atomic mass is 16.5. The molecule has 3 aromatic carbocycles. The Balaban J connectivity index is 1.67. The Labute approximate surface area is 196 Å². The zero-order chi connectivity index (χ0) is 23.7. The van der Waals surface area contributed by atoms with E-state index in [4.69, 9.17) is 4.74 Å². The summed E-state index contributed by atoms with van der Waals surface area (Å²) in [6, 6.07) is 23.3. The van der Waals surface area contributed by atoms with Gasteiger partial charge < -0.3 is 14.7 Å². The van der Waals surface area contributed by atoms with E-state index in [0.29, 0.717) is 16.9 Å². The number of hydrogen-bond acceptors (Lipinski definition) is 5. The topological polar surface area (TPSA) is 79.7 Å². The molecule has 4 aromatic rings. The number of aliphatic hydroxyl groups is 1. The molecule has 168 valence electrons. The molecule has 1 unspecified atom stereocenters. The van der Waals surface area contributed by atoms with E-state index in [1.807, 2.05) is 48.5 Å². The number of Topliss-reactive ketones (excluding diaryl/α,β-unsaturated/α-hetero) is 1. The molecule has 0 radical (unpaired) electrons. The molecule has 1 amide bonds. The van der Waals surface area contributed by atoms with E-state index >= 15 is 0 Å². The minimum absolute atomic E-state index is 0.0532. The van der Waals surface area contributed by atoms with Gasteiger partial charge >= 0.3 is 0 Å². The molecular weight excluding hydrogens is 428 g/mol. The first kappa shape index (κ1) is 21.4. The van der Waals surface area contributed by atoms with Crippen molar-refractivity contribution in [3.8, 4) is 5.75 Å². The normalized spacial score (nSPS) is 17.3. The van der Waals surface area contributed by atoms with Gasteiger partial charge in [-0.25, -0.2) is 0 Å². The summed E-state index contributed by atoms with van der Waals surface area (Å²) in [5.41, 5.74) is 1.98. The van der Waals surface area contributed by atoms with Gasteiger partial charge in [0, 0.05) is 24.5 Å². The number of aromatic nitrogens is 1. The maximum atomic E-state index is 13.3. The summed E-state index contributed by atoms with van der Waals surface area (Å²) >= 11 is 0. The number of benzene rings is 3. The fourth-order valence-corrected chi connectivity index (χ4v) is 4.38. The van der Waals surface area contributed by atoms with Crippen LogP contribution in [0.1, 0.15) is 22.7 Å². The fraction of sp³-hybridized carbons (Fsp3) is 0.107. The number of pyridine rings is 1. The van der Waals surface area contributed by atoms with E-state index in [-0.39, 0.29) is 17.9 Å². The molecule has 34 heavy (non-hydrogen) atoms. The number of ketones is 1. The van der Waals surface area contributed by atoms with Crippen molar-refractivity contribution >= 4 is 28.2 Å². The van der Waals surface area contributed by atoms with Crippen molar-refractivity contribution in [1.29, 1.82) is 0 Å². The lowest BCUT2D eigenvalue weighted by Gasteiger charge is -2.25. The summed E-state index contributed by atoms with van der Waals surface area (Å²) in [6.07, 6.45) is 3.31. The first-order chi connectivity index (χ1) is 16.6. The standard InChI is InChI=1S/C28H22N2O4/c1-34-23-10-4-9-21(15-23)25-24(26(31)22-12-11-19-7-2-3-8-20(19)14-22)27(32)28(33)30(25)17-18-6-5-13-29-16-18/h2-16,25,31H,17H2,1H3/b26-24-. The van der Waals surface area contributed by atoms with Crippen molar-refractivity contribution in [2.45, 2.75) is 12.6 Å². The van der Waals surface area contributed by atoms with E-state index in [2.05, 4.69) is 4.98 Å². The number of aliphatic hydroxyl groups excluding tert-OH is 1. The van der Waals surface area contributed by atoms with Crippen molar-refractivity contribution in [3.63, 3.8) is 0 Å². The first-order valence-electron chi connectivity index (χ1n) is 10.9. The number of fused-ring (bicyclic) bond motifs is 1. The minimum atomic E-state index is -0.776. The Hall–Kier alpha value is -4.45. The van der Waals surface area contributed by atoms with Crippen molar-refractivity contribution < 1.29 is 19.4 Å². The molecule has 1 saturated heterocycles. The summed E-state index contributed by atoms with van der Waals surface area (Å²) in [5, 5.41) is 13.3. The average molecular weight is 450 g/mol. The van der Waals surface area contributed by atoms with Crippen LogP contribution in [0.3, 0.4) is 0 Å². The third-order valence-electron chi connectivity index (χ3n) is 6.05. The quantitative estimate of drug-likeness (QED) is 0.267. The molecule has 1 N–H and O–H groups in total. The van der Waals surface area contributed by atoms with E-state index in [1.54, 1.807) is 49.8 Å². The van der Waals surface area contributed by atoms with E-state index in [0.717, 1.165) is 16.3 Å². The monoisotopic (exact) mass is 450 g/mol. The van der Waals surface area contributed by atoms with Crippen LogP contribution >= 0.6 is 0 Å². The largest absolute Gasteiger partial charge is 0.507 e. The summed E-state index contributed by atoms with van der Waals surface area (Å²) in [5.74, 6) is -0.998. The van der Waals surface area contributed by atoms with Gasteiger partial charge in [0.1, 0.15) is 11.5 Å². The molecule has 6 heteroatoms. The number of methoxy groups -OCH3 is 1. The van der Waals surface area contributed by atoms with E-state index in [1.165, 1.54) is 4.90 Å². The van der Waals surface area contributed by atoms with Gasteiger partial charge in [0.05, 0.1) is 18.7 Å². The smallest absolute Gasteiger partial charge is 0.295 e. The van der Waals surface area contributed by atoms with Crippen LogP contribution in [0.25, 0.3) is 16.5 Å². The Morgan fingerprint density at radius 2 is 1.79 bits per heavy atom. The zero-order valence-corrected chi connectivity index (χ0v) is 18.5. The summed E-state index contributed by atoms with van der Waals surface area (Å²) in [6.45, 7) is 0.175. The number of hydrogen-bond donors (Lipinski definition) is 1. The van der Waals surface area contributed by atoms with Gasteiger partial charge in [0.25, 0.3) is 11.7 Å². The third-order valence-corrected chi connectivity index (χ3v) is 6.05. The molecule has 0 bridgehead atoms. The lowest BCUT2D eigenvalue weighted by Crippen LogP contribution is -2.29. The van der Waals surface area contributed by atoms with Gasteiger partial charge in [-0.15, -0.1) is 0 Å². The highest BCUT2D eigenvalue weighted by molar-refractivity contribution is 6.46. The van der Waals surface area contributed by atoms with Crippen LogP contribution in [0, 0.1) is 0 Å². The first-order valence-corrected chi connectivity index (χ1v) is 10.9. The number of rotatable bonds is 5. The molecule has 0 saturated carbocycles. The van der Waals surface area contributed by atoms with Gasteiger partial charge in [-0.1, -0.05) is 54.6 Å². The maximum Gasteiger partial charge on any atom is 0.295 e. The molecular formula is C28H22N2O4. The average Bonchev–Trinajstić information content (AvgIpc) is 3.13. The summed E-state index contributed by atoms with van der Waals surface area (Å²) in [4.78, 5) is 32.0. The second kappa shape index (κ2) is 8.83. The minimum Gasteiger partial charge on any atom is -0.507 e. The molecule has 1 aromatic heterocycles. The van der Waals surface area contributed by atoms with Crippen LogP contribution in [0.2, 0.25) is 0 Å². The fourth-order valence-electron chi connectivity index (χ4n) is 4.38. The second-order valence-corrected chi connectivity index (χ2v) is 8.13. The molecule has 1 aliphatic rings. The maximum absolute atomic E-state index is 13.3. The van der Waals surface area contributed by atoms with Gasteiger partial charge in [0.15, 0.2) is 0 Å². The van der Waals surface area contributed by atoms with Crippen LogP contribution in [-0.2, 0) is 16.1 Å². The van der Waals surface area contributed by atoms with Crippen LogP contribution in [0.4, 0.5) is 0 Å². The van der Waals surface area contributed by atoms with Gasteiger partial charge in [-0.2, -0.15) is 0 Å². The highest BCUT2D eigenvalue weighted by Crippen LogP contribution is 2.41. The molecule has 5 rings (SSSR count). The third kappa shape index (κ3) is 3.79. The van der Waals surface area contributed by atoms with Crippen LogP contribution in [-0.4, -0.2) is 33.8 Å². The van der Waals surface area contributed by atoms with Crippen LogP contribution in [0.15, 0.2) is 96.8 Å². The molecule has 1 aliphatic heterocycles. The van der Waals surface area contributed by atoms with Crippen molar-refractivity contribution in [2.24, 2.45) is 0 Å². The Morgan fingerprint density at radius 3 is 2.56 bits per heavy atom. The zero-order valence-electron chi connectivity index (χ0n) is 18.5. The Morgan fingerprint density at radius 1 is 0.971 bits per heavy atom. The molecule has 1 fully saturated rings. The lowest BCUT2D eigenvalue weighted by atomic mass is 9.94. The predicted octanol–water partition coefficient (Wildman–Crippen LogP) is 4.87. The number of likely N-dealkylation sites (tertiary alicyclic amines) is 1. The Bertz CT molecular complexity index is 1430. The van der Waals surface area contributed by atoms with Gasteiger partial charge in [-0.05, 0) is 46.2 Å². The van der Waals surface area contributed by atoms with Crippen LogP contribution in [0.5, 0.6) is 5.75 Å². The number of amides is 1. The highest BCUT2D eigenvalue weighted by Gasteiger charge is 2.46. The SMILES string of the molecule is COc1cccc(C2/C(=C(/O)c3ccc4ccccc4c3)C(=O)C(=O)N2Cc2cccnc2)c1. The van der Waals surface area contributed by atoms with Crippen LogP contribution < -0.4 is 4.74 Å². The van der Waals surface area contributed by atoms with E-state index < -0.39 is 17.7 Å². The number of ether oxygens (including phenoxy) is 1. The summed E-state index contributed by atoms with van der Waals surface area (Å²) in [7, 11) is 1.56. The molecule has 0 spiro atoms. The number of carbonyl (C=O) groups is 2. The van der Waals surface area contributed by atoms with Gasteiger partial charge in [0.2, 0.25) is 0 Å². The molecule has 2 heterocycles. The van der Waals surface area contributed by atoms with Crippen molar-refractivity contribution in [1.82, 2.24) is 9.88 Å². The molecule has 0 aliphatic carbocycles. The number of nitrogens with zero attached hydrogens (tertiary/aromatic N) is 2. The van der Waals surface area contributed by atoms with E-state index in [9.17, 15) is 14.7 Å². The Kier molecular flexibility index (Phi) is 5.55. The summed E-state index contributed by atoms with van der Waals surface area (Å²) < 4.78 is 5.37.